The molecule has 1 aromatic heterocycles. The maximum absolute atomic E-state index is 14.7. The van der Waals surface area contributed by atoms with Crippen molar-refractivity contribution in [3.8, 4) is 11.3 Å². The number of carbonyl (C=O) groups is 2. The first-order valence-electron chi connectivity index (χ1n) is 11.8. The summed E-state index contributed by atoms with van der Waals surface area (Å²) in [6.45, 7) is 4.64. The molecule has 4 rings (SSSR count). The number of hydrogen-bond donors (Lipinski definition) is 2. The van der Waals surface area contributed by atoms with Crippen molar-refractivity contribution in [1.29, 1.82) is 0 Å². The first-order valence-corrected chi connectivity index (χ1v) is 11.8. The third-order valence-electron chi connectivity index (χ3n) is 6.71. The Labute approximate surface area is 194 Å². The lowest BCUT2D eigenvalue weighted by Gasteiger charge is -2.32. The Morgan fingerprint density at radius 3 is 2.58 bits per heavy atom. The number of aromatic nitrogens is 2. The molecule has 1 unspecified atom stereocenters. The third kappa shape index (κ3) is 5.86. The molecule has 176 valence electrons. The minimum atomic E-state index is -0.457. The summed E-state index contributed by atoms with van der Waals surface area (Å²) in [7, 11) is 0. The Morgan fingerprint density at radius 1 is 1.09 bits per heavy atom. The lowest BCUT2D eigenvalue weighted by atomic mass is 9.89. The molecule has 2 aliphatic rings. The van der Waals surface area contributed by atoms with Crippen LogP contribution in [0.15, 0.2) is 30.5 Å². The zero-order valence-corrected chi connectivity index (χ0v) is 19.3. The second-order valence-electron chi connectivity index (χ2n) is 9.21. The number of halogens is 1. The normalized spacial score (nSPS) is 23.1. The summed E-state index contributed by atoms with van der Waals surface area (Å²) >= 11 is 0. The van der Waals surface area contributed by atoms with Crippen LogP contribution in [0.2, 0.25) is 0 Å². The Morgan fingerprint density at radius 2 is 1.85 bits per heavy atom. The van der Waals surface area contributed by atoms with E-state index in [2.05, 4.69) is 20.6 Å². The van der Waals surface area contributed by atoms with E-state index in [0.29, 0.717) is 18.1 Å². The molecule has 1 aliphatic carbocycles. The molecule has 0 bridgehead atoms. The van der Waals surface area contributed by atoms with Crippen molar-refractivity contribution >= 4 is 17.8 Å². The van der Waals surface area contributed by atoms with Crippen LogP contribution in [-0.2, 0) is 9.59 Å². The molecule has 1 aliphatic heterocycles. The largest absolute Gasteiger partial charge is 0.354 e. The fraction of sp³-hybridized carbons (Fsp3) is 0.520. The lowest BCUT2D eigenvalue weighted by molar-refractivity contribution is -0.130. The standard InChI is InChI=1S/C25H32FN5O2/c1-16(32)28-21-8-10-22(11-9-21)29-25-27-14-23(26)24(30-25)19-6-3-5-18(13-19)20-7-4-12-31(15-20)17(2)33/h3,5-6,13-14,20-22H,4,7-12,15H2,1-2H3,(H,28,32)(H,27,29,30). The van der Waals surface area contributed by atoms with Gasteiger partial charge in [0.05, 0.1) is 6.20 Å². The van der Waals surface area contributed by atoms with Gasteiger partial charge >= 0.3 is 0 Å². The van der Waals surface area contributed by atoms with Crippen molar-refractivity contribution in [2.45, 2.75) is 70.4 Å². The molecule has 7 nitrogen and oxygen atoms in total. The average Bonchev–Trinajstić information content (AvgIpc) is 2.81. The number of likely N-dealkylation sites (tertiary alicyclic amines) is 1. The molecule has 2 fully saturated rings. The van der Waals surface area contributed by atoms with Gasteiger partial charge in [-0.05, 0) is 50.2 Å². The number of piperidine rings is 1. The highest BCUT2D eigenvalue weighted by molar-refractivity contribution is 5.73. The number of nitrogens with zero attached hydrogens (tertiary/aromatic N) is 3. The molecule has 1 atom stereocenters. The quantitative estimate of drug-likeness (QED) is 0.718. The summed E-state index contributed by atoms with van der Waals surface area (Å²) in [5.74, 6) is 0.298. The molecule has 2 N–H and O–H groups in total. The van der Waals surface area contributed by atoms with Crippen molar-refractivity contribution in [2.24, 2.45) is 0 Å². The smallest absolute Gasteiger partial charge is 0.223 e. The number of rotatable bonds is 5. The summed E-state index contributed by atoms with van der Waals surface area (Å²) in [5.41, 5.74) is 2.09. The average molecular weight is 454 g/mol. The summed E-state index contributed by atoms with van der Waals surface area (Å²) in [6.07, 6.45) is 6.77. The Hall–Kier alpha value is -3.03. The van der Waals surface area contributed by atoms with Gasteiger partial charge in [-0.1, -0.05) is 18.2 Å². The molecule has 1 aromatic carbocycles. The predicted molar refractivity (Wildman–Crippen MR) is 125 cm³/mol. The molecule has 1 saturated carbocycles. The van der Waals surface area contributed by atoms with Gasteiger partial charge in [0.2, 0.25) is 17.8 Å². The predicted octanol–water partition coefficient (Wildman–Crippen LogP) is 3.87. The first-order chi connectivity index (χ1) is 15.9. The second-order valence-corrected chi connectivity index (χ2v) is 9.21. The summed E-state index contributed by atoms with van der Waals surface area (Å²) in [5, 5.41) is 6.32. The molecule has 0 spiro atoms. The Balaban J connectivity index is 1.46. The van der Waals surface area contributed by atoms with Gasteiger partial charge in [-0.15, -0.1) is 0 Å². The van der Waals surface area contributed by atoms with Crippen molar-refractivity contribution in [1.82, 2.24) is 20.2 Å². The van der Waals surface area contributed by atoms with Gasteiger partial charge in [0.15, 0.2) is 5.82 Å². The van der Waals surface area contributed by atoms with E-state index >= 15 is 0 Å². The minimum absolute atomic E-state index is 0.00220. The van der Waals surface area contributed by atoms with Gasteiger partial charge in [-0.25, -0.2) is 14.4 Å². The van der Waals surface area contributed by atoms with E-state index in [4.69, 9.17) is 0 Å². The van der Waals surface area contributed by atoms with Gasteiger partial charge in [0.25, 0.3) is 0 Å². The zero-order valence-electron chi connectivity index (χ0n) is 19.3. The maximum atomic E-state index is 14.7. The summed E-state index contributed by atoms with van der Waals surface area (Å²) < 4.78 is 14.7. The number of hydrogen-bond acceptors (Lipinski definition) is 5. The molecule has 2 aromatic rings. The Bertz CT molecular complexity index is 1010. The zero-order chi connectivity index (χ0) is 23.4. The lowest BCUT2D eigenvalue weighted by Crippen LogP contribution is -2.39. The monoisotopic (exact) mass is 453 g/mol. The van der Waals surface area contributed by atoms with E-state index in [9.17, 15) is 14.0 Å². The van der Waals surface area contributed by atoms with Gasteiger partial charge in [0, 0.05) is 50.5 Å². The van der Waals surface area contributed by atoms with Gasteiger partial charge < -0.3 is 15.5 Å². The third-order valence-corrected chi connectivity index (χ3v) is 6.71. The molecule has 2 heterocycles. The summed E-state index contributed by atoms with van der Waals surface area (Å²) in [4.78, 5) is 33.6. The van der Waals surface area contributed by atoms with Crippen molar-refractivity contribution < 1.29 is 14.0 Å². The molecule has 8 heteroatoms. The summed E-state index contributed by atoms with van der Waals surface area (Å²) in [6, 6.07) is 8.23. The highest BCUT2D eigenvalue weighted by Gasteiger charge is 2.24. The van der Waals surface area contributed by atoms with E-state index in [1.165, 1.54) is 6.20 Å². The fourth-order valence-corrected chi connectivity index (χ4v) is 4.97. The molecular weight excluding hydrogens is 421 g/mol. The number of anilines is 1. The minimum Gasteiger partial charge on any atom is -0.354 e. The molecular formula is C25H32FN5O2. The fourth-order valence-electron chi connectivity index (χ4n) is 4.97. The number of benzene rings is 1. The Kier molecular flexibility index (Phi) is 7.20. The second kappa shape index (κ2) is 10.3. The van der Waals surface area contributed by atoms with Crippen LogP contribution in [0.1, 0.15) is 63.9 Å². The van der Waals surface area contributed by atoms with Crippen LogP contribution in [0.4, 0.5) is 10.3 Å². The number of nitrogens with one attached hydrogen (secondary N) is 2. The highest BCUT2D eigenvalue weighted by Crippen LogP contribution is 2.31. The number of carbonyl (C=O) groups excluding carboxylic acids is 2. The van der Waals surface area contributed by atoms with Gasteiger partial charge in [-0.2, -0.15) is 0 Å². The van der Waals surface area contributed by atoms with Crippen LogP contribution in [0.3, 0.4) is 0 Å². The first kappa shape index (κ1) is 23.1. The SMILES string of the molecule is CC(=O)NC1CCC(Nc2ncc(F)c(-c3cccc(C4CCCN(C(C)=O)C4)c3)n2)CC1. The van der Waals surface area contributed by atoms with Crippen LogP contribution >= 0.6 is 0 Å². The van der Waals surface area contributed by atoms with E-state index in [0.717, 1.165) is 50.6 Å². The van der Waals surface area contributed by atoms with Crippen molar-refractivity contribution in [3.05, 3.63) is 41.8 Å². The van der Waals surface area contributed by atoms with Crippen LogP contribution < -0.4 is 10.6 Å². The maximum Gasteiger partial charge on any atom is 0.223 e. The van der Waals surface area contributed by atoms with Crippen LogP contribution in [0, 0.1) is 5.82 Å². The van der Waals surface area contributed by atoms with Gasteiger partial charge in [0.1, 0.15) is 5.69 Å². The van der Waals surface area contributed by atoms with Crippen LogP contribution in [0.25, 0.3) is 11.3 Å². The molecule has 2 amide bonds. The topological polar surface area (TPSA) is 87.2 Å². The highest BCUT2D eigenvalue weighted by atomic mass is 19.1. The van der Waals surface area contributed by atoms with Gasteiger partial charge in [-0.3, -0.25) is 9.59 Å². The van der Waals surface area contributed by atoms with Crippen molar-refractivity contribution in [3.63, 3.8) is 0 Å². The van der Waals surface area contributed by atoms with Crippen LogP contribution in [-0.4, -0.2) is 51.9 Å². The molecule has 0 radical (unpaired) electrons. The molecule has 33 heavy (non-hydrogen) atoms. The molecule has 1 saturated heterocycles. The van der Waals surface area contributed by atoms with E-state index in [1.807, 2.05) is 29.2 Å². The van der Waals surface area contributed by atoms with E-state index in [1.54, 1.807) is 13.8 Å². The van der Waals surface area contributed by atoms with Crippen molar-refractivity contribution in [2.75, 3.05) is 18.4 Å². The van der Waals surface area contributed by atoms with Crippen LogP contribution in [0.5, 0.6) is 0 Å². The number of amides is 2. The van der Waals surface area contributed by atoms with E-state index in [-0.39, 0.29) is 35.5 Å². The van der Waals surface area contributed by atoms with E-state index < -0.39 is 5.82 Å².